The number of nitrogens with one attached hydrogen (secondary N) is 1. The van der Waals surface area contributed by atoms with Gasteiger partial charge in [-0.3, -0.25) is 0 Å². The molecule has 1 heterocycles. The number of halogens is 1. The molecule has 0 spiro atoms. The Bertz CT molecular complexity index is 565. The van der Waals surface area contributed by atoms with Crippen molar-refractivity contribution in [2.45, 2.75) is 19.4 Å². The molecule has 98 valence electrons. The van der Waals surface area contributed by atoms with Crippen molar-refractivity contribution < 1.29 is 4.74 Å². The van der Waals surface area contributed by atoms with E-state index < -0.39 is 0 Å². The standard InChI is InChI=1S/C16H16BrNO/c17-14-4-6-15(7-5-14)19-11-12-3-8-16-13(10-12)2-1-9-18-16/h3-8,10,18H,1-2,9,11H2. The Hall–Kier alpha value is -1.48. The second-order valence-electron chi connectivity index (χ2n) is 4.76. The van der Waals surface area contributed by atoms with Crippen LogP contribution in [0, 0.1) is 0 Å². The molecular formula is C16H16BrNO. The summed E-state index contributed by atoms with van der Waals surface area (Å²) in [5, 5.41) is 3.42. The summed E-state index contributed by atoms with van der Waals surface area (Å²) in [5.41, 5.74) is 3.91. The number of ether oxygens (including phenoxy) is 1. The summed E-state index contributed by atoms with van der Waals surface area (Å²) in [6, 6.07) is 14.5. The van der Waals surface area contributed by atoms with Gasteiger partial charge in [-0.1, -0.05) is 28.1 Å². The first-order valence-corrected chi connectivity index (χ1v) is 7.34. The molecule has 1 N–H and O–H groups in total. The highest BCUT2D eigenvalue weighted by atomic mass is 79.9. The number of hydrogen-bond acceptors (Lipinski definition) is 2. The average Bonchev–Trinajstić information content (AvgIpc) is 2.46. The van der Waals surface area contributed by atoms with Crippen LogP contribution in [0.5, 0.6) is 5.75 Å². The monoisotopic (exact) mass is 317 g/mol. The third-order valence-corrected chi connectivity index (χ3v) is 3.86. The van der Waals surface area contributed by atoms with Crippen LogP contribution in [0.2, 0.25) is 0 Å². The molecule has 2 aromatic rings. The van der Waals surface area contributed by atoms with Gasteiger partial charge in [-0.05, 0) is 54.3 Å². The molecule has 0 atom stereocenters. The molecule has 0 radical (unpaired) electrons. The van der Waals surface area contributed by atoms with Gasteiger partial charge >= 0.3 is 0 Å². The lowest BCUT2D eigenvalue weighted by Gasteiger charge is -2.18. The van der Waals surface area contributed by atoms with Crippen molar-refractivity contribution in [1.82, 2.24) is 0 Å². The van der Waals surface area contributed by atoms with Crippen LogP contribution in [0.3, 0.4) is 0 Å². The maximum absolute atomic E-state index is 5.80. The van der Waals surface area contributed by atoms with Crippen LogP contribution in [-0.4, -0.2) is 6.54 Å². The predicted octanol–water partition coefficient (Wildman–Crippen LogP) is 4.39. The van der Waals surface area contributed by atoms with Gasteiger partial charge in [0.05, 0.1) is 0 Å². The Morgan fingerprint density at radius 3 is 2.79 bits per heavy atom. The minimum atomic E-state index is 0.620. The Morgan fingerprint density at radius 2 is 1.95 bits per heavy atom. The van der Waals surface area contributed by atoms with Crippen LogP contribution >= 0.6 is 15.9 Å². The van der Waals surface area contributed by atoms with Gasteiger partial charge < -0.3 is 10.1 Å². The molecule has 0 saturated heterocycles. The van der Waals surface area contributed by atoms with E-state index in [-0.39, 0.29) is 0 Å². The van der Waals surface area contributed by atoms with Crippen molar-refractivity contribution in [3.05, 3.63) is 58.1 Å². The molecule has 0 aromatic heterocycles. The summed E-state index contributed by atoms with van der Waals surface area (Å²) in [5.74, 6) is 0.902. The first-order valence-electron chi connectivity index (χ1n) is 6.55. The summed E-state index contributed by atoms with van der Waals surface area (Å²) in [6.45, 7) is 1.71. The Morgan fingerprint density at radius 1 is 1.11 bits per heavy atom. The lowest BCUT2D eigenvalue weighted by Crippen LogP contribution is -2.12. The van der Waals surface area contributed by atoms with Gasteiger partial charge in [-0.2, -0.15) is 0 Å². The van der Waals surface area contributed by atoms with Crippen molar-refractivity contribution >= 4 is 21.6 Å². The summed E-state index contributed by atoms with van der Waals surface area (Å²) >= 11 is 3.42. The zero-order valence-electron chi connectivity index (χ0n) is 10.7. The fourth-order valence-corrected chi connectivity index (χ4v) is 2.58. The normalized spacial score (nSPS) is 13.5. The molecule has 1 aliphatic rings. The van der Waals surface area contributed by atoms with Gasteiger partial charge in [0.1, 0.15) is 12.4 Å². The minimum absolute atomic E-state index is 0.620. The molecule has 19 heavy (non-hydrogen) atoms. The van der Waals surface area contributed by atoms with E-state index in [0.717, 1.165) is 23.2 Å². The Labute approximate surface area is 121 Å². The van der Waals surface area contributed by atoms with E-state index in [1.807, 2.05) is 24.3 Å². The summed E-state index contributed by atoms with van der Waals surface area (Å²) < 4.78 is 6.87. The number of rotatable bonds is 3. The summed E-state index contributed by atoms with van der Waals surface area (Å²) in [4.78, 5) is 0. The Kier molecular flexibility index (Phi) is 3.74. The van der Waals surface area contributed by atoms with Crippen LogP contribution < -0.4 is 10.1 Å². The zero-order chi connectivity index (χ0) is 13.1. The quantitative estimate of drug-likeness (QED) is 0.906. The maximum Gasteiger partial charge on any atom is 0.119 e. The summed E-state index contributed by atoms with van der Waals surface area (Å²) in [6.07, 6.45) is 2.37. The van der Waals surface area contributed by atoms with Gasteiger partial charge in [0, 0.05) is 16.7 Å². The number of anilines is 1. The summed E-state index contributed by atoms with van der Waals surface area (Å²) in [7, 11) is 0. The van der Waals surface area contributed by atoms with E-state index in [9.17, 15) is 0 Å². The molecular weight excluding hydrogens is 302 g/mol. The van der Waals surface area contributed by atoms with Crippen molar-refractivity contribution in [3.63, 3.8) is 0 Å². The topological polar surface area (TPSA) is 21.3 Å². The van der Waals surface area contributed by atoms with E-state index in [0.29, 0.717) is 6.61 Å². The van der Waals surface area contributed by atoms with Gasteiger partial charge in [-0.15, -0.1) is 0 Å². The molecule has 0 aliphatic carbocycles. The van der Waals surface area contributed by atoms with Crippen LogP contribution in [-0.2, 0) is 13.0 Å². The second-order valence-corrected chi connectivity index (χ2v) is 5.68. The lowest BCUT2D eigenvalue weighted by atomic mass is 10.0. The van der Waals surface area contributed by atoms with Gasteiger partial charge in [0.2, 0.25) is 0 Å². The first-order chi connectivity index (χ1) is 9.31. The number of benzene rings is 2. The molecule has 0 saturated carbocycles. The molecule has 2 nitrogen and oxygen atoms in total. The molecule has 0 bridgehead atoms. The van der Waals surface area contributed by atoms with Crippen LogP contribution in [0.1, 0.15) is 17.5 Å². The van der Waals surface area contributed by atoms with E-state index in [1.54, 1.807) is 0 Å². The Balaban J connectivity index is 1.68. The van der Waals surface area contributed by atoms with Crippen molar-refractivity contribution in [2.24, 2.45) is 0 Å². The van der Waals surface area contributed by atoms with E-state index in [2.05, 4.69) is 39.4 Å². The van der Waals surface area contributed by atoms with Gasteiger partial charge in [0.15, 0.2) is 0 Å². The minimum Gasteiger partial charge on any atom is -0.489 e. The highest BCUT2D eigenvalue weighted by molar-refractivity contribution is 9.10. The number of aryl methyl sites for hydroxylation is 1. The lowest BCUT2D eigenvalue weighted by molar-refractivity contribution is 0.306. The van der Waals surface area contributed by atoms with Crippen molar-refractivity contribution in [2.75, 3.05) is 11.9 Å². The predicted molar refractivity (Wildman–Crippen MR) is 81.7 cm³/mol. The largest absolute Gasteiger partial charge is 0.489 e. The highest BCUT2D eigenvalue weighted by Crippen LogP contribution is 2.24. The van der Waals surface area contributed by atoms with Crippen molar-refractivity contribution in [1.29, 1.82) is 0 Å². The molecule has 3 rings (SSSR count). The smallest absolute Gasteiger partial charge is 0.119 e. The molecule has 0 amide bonds. The van der Waals surface area contributed by atoms with Crippen molar-refractivity contribution in [3.8, 4) is 5.75 Å². The maximum atomic E-state index is 5.80. The fourth-order valence-electron chi connectivity index (χ4n) is 2.32. The van der Waals surface area contributed by atoms with Crippen LogP contribution in [0.25, 0.3) is 0 Å². The molecule has 1 aliphatic heterocycles. The highest BCUT2D eigenvalue weighted by Gasteiger charge is 2.08. The van der Waals surface area contributed by atoms with Crippen LogP contribution in [0.4, 0.5) is 5.69 Å². The first kappa shape index (κ1) is 12.5. The average molecular weight is 318 g/mol. The molecule has 3 heteroatoms. The van der Waals surface area contributed by atoms with E-state index in [1.165, 1.54) is 23.2 Å². The molecule has 0 fully saturated rings. The number of hydrogen-bond donors (Lipinski definition) is 1. The zero-order valence-corrected chi connectivity index (χ0v) is 12.2. The van der Waals surface area contributed by atoms with Crippen LogP contribution in [0.15, 0.2) is 46.9 Å². The number of fused-ring (bicyclic) bond motifs is 1. The third-order valence-electron chi connectivity index (χ3n) is 3.33. The fraction of sp³-hybridized carbons (Fsp3) is 0.250. The second kappa shape index (κ2) is 5.66. The third kappa shape index (κ3) is 3.10. The van der Waals surface area contributed by atoms with E-state index in [4.69, 9.17) is 4.74 Å². The SMILES string of the molecule is Brc1ccc(OCc2ccc3c(c2)CCCN3)cc1. The van der Waals surface area contributed by atoms with Gasteiger partial charge in [0.25, 0.3) is 0 Å². The molecule has 2 aromatic carbocycles. The molecule has 0 unspecified atom stereocenters. The van der Waals surface area contributed by atoms with Gasteiger partial charge in [-0.25, -0.2) is 0 Å². The van der Waals surface area contributed by atoms with E-state index >= 15 is 0 Å².